The maximum atomic E-state index is 11.4. The van der Waals surface area contributed by atoms with Crippen LogP contribution in [0.25, 0.3) is 5.65 Å². The molecule has 4 heterocycles. The molecule has 138 valence electrons. The first-order chi connectivity index (χ1) is 13.1. The summed E-state index contributed by atoms with van der Waals surface area (Å²) in [6.45, 7) is 5.89. The molecule has 3 aromatic rings. The average molecular weight is 363 g/mol. The number of aldehydes is 1. The van der Waals surface area contributed by atoms with Crippen LogP contribution in [0.4, 0.5) is 5.82 Å². The van der Waals surface area contributed by atoms with Gasteiger partial charge in [0.2, 0.25) is 0 Å². The number of anilines is 1. The number of hydrogen-bond acceptors (Lipinski definition) is 7. The van der Waals surface area contributed by atoms with Gasteiger partial charge in [-0.05, 0) is 33.1 Å². The van der Waals surface area contributed by atoms with Crippen molar-refractivity contribution >= 4 is 17.8 Å². The number of rotatable bonds is 4. The average Bonchev–Trinajstić information content (AvgIpc) is 3.10. The van der Waals surface area contributed by atoms with Crippen molar-refractivity contribution in [2.24, 2.45) is 0 Å². The van der Waals surface area contributed by atoms with E-state index in [4.69, 9.17) is 9.97 Å². The highest BCUT2D eigenvalue weighted by molar-refractivity contribution is 5.73. The molecule has 0 amide bonds. The van der Waals surface area contributed by atoms with Crippen molar-refractivity contribution in [3.05, 3.63) is 41.0 Å². The Bertz CT molecular complexity index is 999. The molecule has 0 bridgehead atoms. The summed E-state index contributed by atoms with van der Waals surface area (Å²) in [7, 11) is 0. The van der Waals surface area contributed by atoms with Gasteiger partial charge in [0, 0.05) is 37.2 Å². The molecule has 5 rings (SSSR count). The maximum absolute atomic E-state index is 11.4. The molecule has 2 unspecified atom stereocenters. The quantitative estimate of drug-likeness (QED) is 0.657. The van der Waals surface area contributed by atoms with Crippen LogP contribution in [0.1, 0.15) is 64.6 Å². The van der Waals surface area contributed by atoms with E-state index in [-0.39, 0.29) is 11.8 Å². The minimum Gasteiger partial charge on any atom is -0.356 e. The fourth-order valence-corrected chi connectivity index (χ4v) is 3.84. The first-order valence-corrected chi connectivity index (χ1v) is 9.42. The molecule has 0 aromatic carbocycles. The highest BCUT2D eigenvalue weighted by atomic mass is 16.1. The summed E-state index contributed by atoms with van der Waals surface area (Å²) in [4.78, 5) is 31.9. The lowest BCUT2D eigenvalue weighted by molar-refractivity contribution is 0.111. The van der Waals surface area contributed by atoms with Crippen molar-refractivity contribution in [2.45, 2.75) is 44.9 Å². The summed E-state index contributed by atoms with van der Waals surface area (Å²) >= 11 is 0. The minimum atomic E-state index is 0.164. The van der Waals surface area contributed by atoms with Gasteiger partial charge in [-0.3, -0.25) is 9.78 Å². The van der Waals surface area contributed by atoms with Gasteiger partial charge in [-0.2, -0.15) is 5.10 Å². The molecule has 0 spiro atoms. The zero-order chi connectivity index (χ0) is 18.5. The van der Waals surface area contributed by atoms with Crippen LogP contribution in [0.3, 0.4) is 0 Å². The third-order valence-electron chi connectivity index (χ3n) is 5.48. The van der Waals surface area contributed by atoms with Gasteiger partial charge >= 0.3 is 0 Å². The van der Waals surface area contributed by atoms with Gasteiger partial charge in [-0.1, -0.05) is 0 Å². The zero-order valence-electron chi connectivity index (χ0n) is 15.5. The van der Waals surface area contributed by atoms with Gasteiger partial charge in [-0.25, -0.2) is 19.5 Å². The Kier molecular flexibility index (Phi) is 3.66. The Morgan fingerprint density at radius 1 is 1.07 bits per heavy atom. The predicted octanol–water partition coefficient (Wildman–Crippen LogP) is 2.21. The van der Waals surface area contributed by atoms with Crippen LogP contribution in [-0.2, 0) is 0 Å². The Balaban J connectivity index is 1.47. The summed E-state index contributed by atoms with van der Waals surface area (Å²) in [5, 5.41) is 4.68. The molecule has 1 aliphatic heterocycles. The van der Waals surface area contributed by atoms with Crippen LogP contribution in [0.5, 0.6) is 0 Å². The molecule has 1 saturated carbocycles. The van der Waals surface area contributed by atoms with Gasteiger partial charge < -0.3 is 4.90 Å². The minimum absolute atomic E-state index is 0.164. The number of nitrogens with zero attached hydrogens (tertiary/aromatic N) is 7. The zero-order valence-corrected chi connectivity index (χ0v) is 15.5. The van der Waals surface area contributed by atoms with Crippen molar-refractivity contribution in [1.29, 1.82) is 0 Å². The monoisotopic (exact) mass is 363 g/mol. The molecule has 2 fully saturated rings. The molecule has 8 heteroatoms. The van der Waals surface area contributed by atoms with Crippen molar-refractivity contribution < 1.29 is 4.79 Å². The molecule has 1 aliphatic carbocycles. The van der Waals surface area contributed by atoms with Crippen molar-refractivity contribution in [1.82, 2.24) is 29.5 Å². The van der Waals surface area contributed by atoms with Crippen molar-refractivity contribution in [2.75, 3.05) is 18.0 Å². The number of carbonyl (C=O) groups excluding carboxylic acids is 1. The summed E-state index contributed by atoms with van der Waals surface area (Å²) in [6, 6.07) is 1.79. The lowest BCUT2D eigenvalue weighted by Crippen LogP contribution is -2.20. The van der Waals surface area contributed by atoms with E-state index in [1.165, 1.54) is 12.8 Å². The van der Waals surface area contributed by atoms with E-state index in [1.807, 2.05) is 24.6 Å². The molecule has 1 saturated heterocycles. The molecular formula is C19H21N7O. The van der Waals surface area contributed by atoms with E-state index in [0.717, 1.165) is 60.3 Å². The van der Waals surface area contributed by atoms with Crippen molar-refractivity contribution in [3.63, 3.8) is 0 Å². The van der Waals surface area contributed by atoms with Gasteiger partial charge in [0.25, 0.3) is 0 Å². The smallest absolute Gasteiger partial charge is 0.177 e. The molecule has 2 atom stereocenters. The fourth-order valence-electron chi connectivity index (χ4n) is 3.84. The Morgan fingerprint density at radius 2 is 1.85 bits per heavy atom. The maximum Gasteiger partial charge on any atom is 0.177 e. The van der Waals surface area contributed by atoms with Crippen LogP contribution < -0.4 is 4.90 Å². The van der Waals surface area contributed by atoms with E-state index in [0.29, 0.717) is 5.69 Å². The van der Waals surface area contributed by atoms with E-state index in [1.54, 1.807) is 6.07 Å². The lowest BCUT2D eigenvalue weighted by Gasteiger charge is -2.17. The molecule has 27 heavy (non-hydrogen) atoms. The van der Waals surface area contributed by atoms with Gasteiger partial charge in [0.05, 0.1) is 11.4 Å². The number of fused-ring (bicyclic) bond motifs is 1. The second kappa shape index (κ2) is 6.07. The number of hydrogen-bond donors (Lipinski definition) is 0. The standard InChI is InChI=1S/C19H21N7O/c1-11-9-20-12(2)19-23-18(24-26(11)19)15-8-14(15)17-21-13(10-27)7-16(22-17)25-5-3-4-6-25/h7,9-10,14-15H,3-6,8H2,1-2H3. The summed E-state index contributed by atoms with van der Waals surface area (Å²) in [6.07, 6.45) is 5.86. The first-order valence-electron chi connectivity index (χ1n) is 9.42. The summed E-state index contributed by atoms with van der Waals surface area (Å²) < 4.78 is 1.85. The number of carbonyl (C=O) groups is 1. The highest BCUT2D eigenvalue weighted by Crippen LogP contribution is 2.52. The Labute approximate surface area is 156 Å². The Hall–Kier alpha value is -2.90. The SMILES string of the molecule is Cc1ncc(C)n2nc(C3CC3c3nc(C=O)cc(N4CCCC4)n3)nc12. The fraction of sp³-hybridized carbons (Fsp3) is 0.474. The second-order valence-electron chi connectivity index (χ2n) is 7.46. The largest absolute Gasteiger partial charge is 0.356 e. The lowest BCUT2D eigenvalue weighted by atomic mass is 10.2. The van der Waals surface area contributed by atoms with Crippen LogP contribution in [0.2, 0.25) is 0 Å². The van der Waals surface area contributed by atoms with Crippen LogP contribution >= 0.6 is 0 Å². The predicted molar refractivity (Wildman–Crippen MR) is 99.2 cm³/mol. The van der Waals surface area contributed by atoms with Gasteiger partial charge in [-0.15, -0.1) is 0 Å². The summed E-state index contributed by atoms with van der Waals surface area (Å²) in [5.41, 5.74) is 3.08. The van der Waals surface area contributed by atoms with Crippen LogP contribution in [-0.4, -0.2) is 48.9 Å². The van der Waals surface area contributed by atoms with Gasteiger partial charge in [0.15, 0.2) is 17.8 Å². The number of aromatic nitrogens is 6. The molecule has 8 nitrogen and oxygen atoms in total. The summed E-state index contributed by atoms with van der Waals surface area (Å²) in [5.74, 6) is 2.76. The molecule has 0 radical (unpaired) electrons. The van der Waals surface area contributed by atoms with E-state index in [2.05, 4.69) is 20.0 Å². The van der Waals surface area contributed by atoms with E-state index >= 15 is 0 Å². The first kappa shape index (κ1) is 16.3. The molecule has 3 aromatic heterocycles. The van der Waals surface area contributed by atoms with E-state index < -0.39 is 0 Å². The highest BCUT2D eigenvalue weighted by Gasteiger charge is 2.45. The van der Waals surface area contributed by atoms with Gasteiger partial charge in [0.1, 0.15) is 17.3 Å². The number of aryl methyl sites for hydroxylation is 2. The van der Waals surface area contributed by atoms with Crippen LogP contribution in [0.15, 0.2) is 12.3 Å². The topological polar surface area (TPSA) is 89.2 Å². The molecule has 0 N–H and O–H groups in total. The molecular weight excluding hydrogens is 342 g/mol. The third-order valence-corrected chi connectivity index (χ3v) is 5.48. The Morgan fingerprint density at radius 3 is 2.59 bits per heavy atom. The van der Waals surface area contributed by atoms with E-state index in [9.17, 15) is 4.79 Å². The second-order valence-corrected chi connectivity index (χ2v) is 7.46. The molecule has 2 aliphatic rings. The van der Waals surface area contributed by atoms with Crippen LogP contribution in [0, 0.1) is 13.8 Å². The normalized spacial score (nSPS) is 21.8. The van der Waals surface area contributed by atoms with Crippen molar-refractivity contribution in [3.8, 4) is 0 Å². The third kappa shape index (κ3) is 2.75.